The molecule has 1 N–H and O–H groups in total. The third-order valence-corrected chi connectivity index (χ3v) is 6.54. The summed E-state index contributed by atoms with van der Waals surface area (Å²) in [6.07, 6.45) is 0. The minimum atomic E-state index is 0.668. The molecule has 6 rings (SSSR count). The van der Waals surface area contributed by atoms with Crippen LogP contribution in [0.5, 0.6) is 0 Å². The van der Waals surface area contributed by atoms with Gasteiger partial charge in [-0.25, -0.2) is 15.0 Å². The Kier molecular flexibility index (Phi) is 4.66. The molecule has 32 heavy (non-hydrogen) atoms. The lowest BCUT2D eigenvalue weighted by Gasteiger charge is -2.22. The predicted molar refractivity (Wildman–Crippen MR) is 130 cm³/mol. The monoisotopic (exact) mass is 430 g/mol. The van der Waals surface area contributed by atoms with E-state index < -0.39 is 0 Å². The normalized spacial score (nSPS) is 11.9. The molecule has 0 saturated carbocycles. The highest BCUT2D eigenvalue weighted by molar-refractivity contribution is 8.00. The number of hydrogen-bond donors (Lipinski definition) is 1. The average Bonchev–Trinajstić information content (AvgIpc) is 2.88. The van der Waals surface area contributed by atoms with Crippen LogP contribution in [0, 0.1) is 0 Å². The number of para-hydroxylation sites is 1. The molecule has 0 amide bonds. The molecule has 0 atom stereocenters. The molecule has 0 spiro atoms. The summed E-state index contributed by atoms with van der Waals surface area (Å²) < 4.78 is 0. The lowest BCUT2D eigenvalue weighted by Crippen LogP contribution is -2.04. The average molecular weight is 431 g/mol. The number of hydrogen-bond acceptors (Lipinski definition) is 5. The van der Waals surface area contributed by atoms with E-state index in [2.05, 4.69) is 35.6 Å². The van der Waals surface area contributed by atoms with Gasteiger partial charge in [-0.1, -0.05) is 90.6 Å². The summed E-state index contributed by atoms with van der Waals surface area (Å²) in [5.74, 6) is 2.01. The van der Waals surface area contributed by atoms with Crippen LogP contribution in [0.2, 0.25) is 0 Å². The van der Waals surface area contributed by atoms with Gasteiger partial charge in [-0.2, -0.15) is 0 Å². The molecule has 0 fully saturated rings. The second-order valence-electron chi connectivity index (χ2n) is 7.44. The number of fused-ring (bicyclic) bond motifs is 2. The van der Waals surface area contributed by atoms with Crippen molar-refractivity contribution in [1.29, 1.82) is 0 Å². The first-order valence-corrected chi connectivity index (χ1v) is 11.2. The number of benzene rings is 4. The van der Waals surface area contributed by atoms with E-state index >= 15 is 0 Å². The van der Waals surface area contributed by atoms with Crippen LogP contribution in [0.3, 0.4) is 0 Å². The highest BCUT2D eigenvalue weighted by Crippen LogP contribution is 2.47. The van der Waals surface area contributed by atoms with Crippen LogP contribution in [-0.2, 0) is 0 Å². The quantitative estimate of drug-likeness (QED) is 0.325. The van der Waals surface area contributed by atoms with Gasteiger partial charge in [-0.15, -0.1) is 0 Å². The first-order valence-electron chi connectivity index (χ1n) is 10.4. The summed E-state index contributed by atoms with van der Waals surface area (Å²) in [6, 6.07) is 34.7. The van der Waals surface area contributed by atoms with E-state index in [1.807, 2.05) is 72.8 Å². The second kappa shape index (κ2) is 7.94. The Labute approximate surface area is 190 Å². The lowest BCUT2D eigenvalue weighted by molar-refractivity contribution is 1.07. The largest absolute Gasteiger partial charge is 0.354 e. The molecule has 2 heterocycles. The fourth-order valence-corrected chi connectivity index (χ4v) is 4.86. The smallest absolute Gasteiger partial charge is 0.165 e. The third-order valence-electron chi connectivity index (χ3n) is 5.32. The fraction of sp³-hybridized carbons (Fsp3) is 0. The molecule has 5 aromatic rings. The summed E-state index contributed by atoms with van der Waals surface area (Å²) in [7, 11) is 0. The standard InChI is InChI=1S/C27H18N4S/c1-3-10-18(11-4-1)25-29-26(19-12-5-2-6-13-19)31-27(30-25)20-14-9-16-22-24(20)32-23-17-8-7-15-21(23)28-22/h1-17,28H. The molecule has 4 aromatic carbocycles. The van der Waals surface area contributed by atoms with Crippen LogP contribution in [0.1, 0.15) is 0 Å². The first-order chi connectivity index (χ1) is 15.8. The Hall–Kier alpha value is -3.96. The maximum atomic E-state index is 4.90. The second-order valence-corrected chi connectivity index (χ2v) is 8.50. The number of nitrogens with zero attached hydrogens (tertiary/aromatic N) is 3. The fourth-order valence-electron chi connectivity index (χ4n) is 3.76. The number of anilines is 2. The van der Waals surface area contributed by atoms with Gasteiger partial charge in [0.25, 0.3) is 0 Å². The SMILES string of the molecule is c1ccc(-c2nc(-c3ccccc3)nc(-c3cccc4c3Sc3ccccc3N4)n2)cc1. The van der Waals surface area contributed by atoms with Gasteiger partial charge in [0.1, 0.15) is 0 Å². The maximum absolute atomic E-state index is 4.90. The predicted octanol–water partition coefficient (Wildman–Crippen LogP) is 7.08. The van der Waals surface area contributed by atoms with Crippen molar-refractivity contribution in [2.75, 3.05) is 5.32 Å². The third kappa shape index (κ3) is 3.43. The van der Waals surface area contributed by atoms with Crippen molar-refractivity contribution in [3.63, 3.8) is 0 Å². The maximum Gasteiger partial charge on any atom is 0.165 e. The van der Waals surface area contributed by atoms with Gasteiger partial charge in [0, 0.05) is 26.5 Å². The van der Waals surface area contributed by atoms with Crippen LogP contribution in [-0.4, -0.2) is 15.0 Å². The Balaban J connectivity index is 1.54. The number of aromatic nitrogens is 3. The van der Waals surface area contributed by atoms with Crippen LogP contribution in [0.4, 0.5) is 11.4 Å². The Morgan fingerprint density at radius 3 is 1.75 bits per heavy atom. The van der Waals surface area contributed by atoms with Crippen LogP contribution in [0.15, 0.2) is 113 Å². The highest BCUT2D eigenvalue weighted by Gasteiger charge is 2.21. The molecule has 0 aliphatic carbocycles. The zero-order chi connectivity index (χ0) is 21.3. The van der Waals surface area contributed by atoms with Gasteiger partial charge in [-0.3, -0.25) is 0 Å². The molecule has 5 heteroatoms. The summed E-state index contributed by atoms with van der Waals surface area (Å²) >= 11 is 1.74. The summed E-state index contributed by atoms with van der Waals surface area (Å²) in [5.41, 5.74) is 5.11. The van der Waals surface area contributed by atoms with E-state index in [9.17, 15) is 0 Å². The van der Waals surface area contributed by atoms with E-state index in [1.54, 1.807) is 11.8 Å². The molecule has 1 aromatic heterocycles. The lowest BCUT2D eigenvalue weighted by atomic mass is 10.1. The van der Waals surface area contributed by atoms with Gasteiger partial charge in [0.15, 0.2) is 17.5 Å². The van der Waals surface area contributed by atoms with Gasteiger partial charge < -0.3 is 5.32 Å². The van der Waals surface area contributed by atoms with Gasteiger partial charge >= 0.3 is 0 Å². The number of rotatable bonds is 3. The summed E-state index contributed by atoms with van der Waals surface area (Å²) in [5, 5.41) is 3.55. The van der Waals surface area contributed by atoms with Crippen molar-refractivity contribution in [1.82, 2.24) is 15.0 Å². The molecule has 1 aliphatic rings. The Morgan fingerprint density at radius 1 is 0.500 bits per heavy atom. The minimum Gasteiger partial charge on any atom is -0.354 e. The van der Waals surface area contributed by atoms with Crippen LogP contribution < -0.4 is 5.32 Å². The molecule has 0 unspecified atom stereocenters. The summed E-state index contributed by atoms with van der Waals surface area (Å²) in [4.78, 5) is 16.9. The van der Waals surface area contributed by atoms with Crippen molar-refractivity contribution in [3.8, 4) is 34.2 Å². The Bertz CT molecular complexity index is 1360. The number of nitrogens with one attached hydrogen (secondary N) is 1. The highest BCUT2D eigenvalue weighted by atomic mass is 32.2. The molecule has 152 valence electrons. The van der Waals surface area contributed by atoms with Crippen molar-refractivity contribution in [2.45, 2.75) is 9.79 Å². The molecular formula is C27H18N4S. The summed E-state index contributed by atoms with van der Waals surface area (Å²) in [6.45, 7) is 0. The Morgan fingerprint density at radius 2 is 1.06 bits per heavy atom. The van der Waals surface area contributed by atoms with Crippen molar-refractivity contribution >= 4 is 23.1 Å². The van der Waals surface area contributed by atoms with E-state index in [0.29, 0.717) is 17.5 Å². The molecule has 1 aliphatic heterocycles. The van der Waals surface area contributed by atoms with E-state index in [1.165, 1.54) is 4.90 Å². The first kappa shape index (κ1) is 18.8. The molecule has 0 radical (unpaired) electrons. The van der Waals surface area contributed by atoms with Crippen LogP contribution in [0.25, 0.3) is 34.2 Å². The molecule has 0 bridgehead atoms. The van der Waals surface area contributed by atoms with Gasteiger partial charge in [0.05, 0.1) is 11.4 Å². The van der Waals surface area contributed by atoms with E-state index in [0.717, 1.165) is 33.0 Å². The molecular weight excluding hydrogens is 412 g/mol. The zero-order valence-electron chi connectivity index (χ0n) is 17.1. The van der Waals surface area contributed by atoms with Gasteiger partial charge in [-0.05, 0) is 24.3 Å². The topological polar surface area (TPSA) is 50.7 Å². The van der Waals surface area contributed by atoms with E-state index in [-0.39, 0.29) is 0 Å². The van der Waals surface area contributed by atoms with Gasteiger partial charge in [0.2, 0.25) is 0 Å². The van der Waals surface area contributed by atoms with Crippen molar-refractivity contribution < 1.29 is 0 Å². The van der Waals surface area contributed by atoms with Crippen molar-refractivity contribution in [2.24, 2.45) is 0 Å². The minimum absolute atomic E-state index is 0.668. The molecule has 4 nitrogen and oxygen atoms in total. The van der Waals surface area contributed by atoms with E-state index in [4.69, 9.17) is 15.0 Å². The molecule has 0 saturated heterocycles. The van der Waals surface area contributed by atoms with Crippen molar-refractivity contribution in [3.05, 3.63) is 103 Å². The van der Waals surface area contributed by atoms with Crippen LogP contribution >= 0.6 is 11.8 Å². The zero-order valence-corrected chi connectivity index (χ0v) is 17.9.